The van der Waals surface area contributed by atoms with Crippen molar-refractivity contribution in [2.45, 2.75) is 24.0 Å². The molecule has 0 spiro atoms. The molecule has 0 N–H and O–H groups in total. The summed E-state index contributed by atoms with van der Waals surface area (Å²) in [6.07, 6.45) is 0. The number of hydrogen-bond donors (Lipinski definition) is 0. The molecule has 0 bridgehead atoms. The van der Waals surface area contributed by atoms with Gasteiger partial charge in [0.2, 0.25) is 0 Å². The van der Waals surface area contributed by atoms with Crippen molar-refractivity contribution in [1.82, 2.24) is 0 Å². The van der Waals surface area contributed by atoms with Gasteiger partial charge in [-0.25, -0.2) is 13.3 Å². The third-order valence-corrected chi connectivity index (χ3v) is 5.71. The first kappa shape index (κ1) is 15.6. The Morgan fingerprint density at radius 3 is 2.33 bits per heavy atom. The van der Waals surface area contributed by atoms with Crippen molar-refractivity contribution < 1.29 is 8.42 Å². The standard InChI is InChI=1S/C16H14ClNO2S/c1-11-4-7-14(8-5-11)21(19,20)12(2)15-10-13(17)6-9-16(15)18-3/h4-10,12H,1-2H3/t12-/m1/s1. The van der Waals surface area contributed by atoms with Gasteiger partial charge < -0.3 is 0 Å². The molecule has 0 aromatic heterocycles. The minimum atomic E-state index is -3.56. The van der Waals surface area contributed by atoms with Crippen molar-refractivity contribution >= 4 is 27.1 Å². The smallest absolute Gasteiger partial charge is 0.191 e. The van der Waals surface area contributed by atoms with Gasteiger partial charge in [0.15, 0.2) is 15.5 Å². The van der Waals surface area contributed by atoms with Crippen molar-refractivity contribution in [2.24, 2.45) is 0 Å². The Balaban J connectivity index is 2.53. The van der Waals surface area contributed by atoms with E-state index in [1.807, 2.05) is 6.92 Å². The zero-order valence-corrected chi connectivity index (χ0v) is 13.2. The molecule has 21 heavy (non-hydrogen) atoms. The summed E-state index contributed by atoms with van der Waals surface area (Å²) < 4.78 is 25.4. The Morgan fingerprint density at radius 1 is 1.14 bits per heavy atom. The molecule has 2 rings (SSSR count). The lowest BCUT2D eigenvalue weighted by atomic mass is 10.1. The van der Waals surface area contributed by atoms with Crippen LogP contribution in [0.3, 0.4) is 0 Å². The summed E-state index contributed by atoms with van der Waals surface area (Å²) in [6, 6.07) is 11.4. The molecule has 0 aliphatic carbocycles. The first-order valence-corrected chi connectivity index (χ1v) is 8.26. The van der Waals surface area contributed by atoms with E-state index in [2.05, 4.69) is 4.85 Å². The zero-order valence-electron chi connectivity index (χ0n) is 11.7. The van der Waals surface area contributed by atoms with Gasteiger partial charge in [-0.1, -0.05) is 41.4 Å². The average Bonchev–Trinajstić information content (AvgIpc) is 2.46. The monoisotopic (exact) mass is 319 g/mol. The van der Waals surface area contributed by atoms with E-state index in [1.54, 1.807) is 49.4 Å². The molecule has 0 fully saturated rings. The molecule has 3 nitrogen and oxygen atoms in total. The van der Waals surface area contributed by atoms with Crippen molar-refractivity contribution in [3.8, 4) is 0 Å². The molecule has 2 aromatic carbocycles. The van der Waals surface area contributed by atoms with Crippen LogP contribution in [-0.4, -0.2) is 8.42 Å². The predicted octanol–water partition coefficient (Wildman–Crippen LogP) is 4.73. The molecule has 108 valence electrons. The predicted molar refractivity (Wildman–Crippen MR) is 84.5 cm³/mol. The van der Waals surface area contributed by atoms with E-state index >= 15 is 0 Å². The maximum atomic E-state index is 12.7. The van der Waals surface area contributed by atoms with Gasteiger partial charge >= 0.3 is 0 Å². The number of sulfone groups is 1. The van der Waals surface area contributed by atoms with E-state index in [0.717, 1.165) is 5.56 Å². The number of halogens is 1. The Morgan fingerprint density at radius 2 is 1.76 bits per heavy atom. The maximum absolute atomic E-state index is 12.7. The normalized spacial score (nSPS) is 12.7. The summed E-state index contributed by atoms with van der Waals surface area (Å²) in [6.45, 7) is 10.6. The van der Waals surface area contributed by atoms with Crippen molar-refractivity contribution in [3.05, 3.63) is 70.0 Å². The second-order valence-electron chi connectivity index (χ2n) is 4.82. The fourth-order valence-corrected chi connectivity index (χ4v) is 3.68. The minimum Gasteiger partial charge on any atom is -0.238 e. The third kappa shape index (κ3) is 3.10. The van der Waals surface area contributed by atoms with Gasteiger partial charge in [-0.3, -0.25) is 0 Å². The number of benzene rings is 2. The molecule has 2 aromatic rings. The van der Waals surface area contributed by atoms with Gasteiger partial charge in [0.25, 0.3) is 0 Å². The van der Waals surface area contributed by atoms with Crippen LogP contribution in [0.25, 0.3) is 4.85 Å². The summed E-state index contributed by atoms with van der Waals surface area (Å²) >= 11 is 5.94. The largest absolute Gasteiger partial charge is 0.238 e. The summed E-state index contributed by atoms with van der Waals surface area (Å²) in [5, 5.41) is -0.411. The van der Waals surface area contributed by atoms with Crippen LogP contribution in [0.4, 0.5) is 5.69 Å². The van der Waals surface area contributed by atoms with E-state index in [4.69, 9.17) is 18.2 Å². The van der Waals surface area contributed by atoms with Gasteiger partial charge in [0.05, 0.1) is 16.7 Å². The van der Waals surface area contributed by atoms with E-state index in [-0.39, 0.29) is 4.90 Å². The minimum absolute atomic E-state index is 0.247. The quantitative estimate of drug-likeness (QED) is 0.767. The van der Waals surface area contributed by atoms with E-state index < -0.39 is 15.1 Å². The van der Waals surface area contributed by atoms with Crippen LogP contribution in [0.2, 0.25) is 5.02 Å². The molecular weight excluding hydrogens is 306 g/mol. The van der Waals surface area contributed by atoms with Crippen molar-refractivity contribution in [1.29, 1.82) is 0 Å². The number of hydrogen-bond acceptors (Lipinski definition) is 2. The van der Waals surface area contributed by atoms with Gasteiger partial charge in [0.1, 0.15) is 0 Å². The summed E-state index contributed by atoms with van der Waals surface area (Å²) in [5.41, 5.74) is 1.73. The van der Waals surface area contributed by atoms with Crippen LogP contribution in [0.5, 0.6) is 0 Å². The molecule has 0 heterocycles. The van der Waals surface area contributed by atoms with Gasteiger partial charge in [-0.05, 0) is 37.6 Å². The Bertz CT molecular complexity index is 805. The van der Waals surface area contributed by atoms with E-state index in [1.165, 1.54) is 0 Å². The van der Waals surface area contributed by atoms with E-state index in [9.17, 15) is 8.42 Å². The molecular formula is C16H14ClNO2S. The highest BCUT2D eigenvalue weighted by molar-refractivity contribution is 7.91. The molecule has 0 aliphatic rings. The van der Waals surface area contributed by atoms with Gasteiger partial charge in [0, 0.05) is 5.02 Å². The Kier molecular flexibility index (Phi) is 4.36. The topological polar surface area (TPSA) is 38.5 Å². The maximum Gasteiger partial charge on any atom is 0.191 e. The van der Waals surface area contributed by atoms with E-state index in [0.29, 0.717) is 16.3 Å². The Hall–Kier alpha value is -1.83. The van der Waals surface area contributed by atoms with Crippen LogP contribution in [0.1, 0.15) is 23.3 Å². The molecule has 0 amide bonds. The van der Waals surface area contributed by atoms with Crippen LogP contribution < -0.4 is 0 Å². The first-order chi connectivity index (χ1) is 9.86. The lowest BCUT2D eigenvalue weighted by Gasteiger charge is -2.15. The van der Waals surface area contributed by atoms with Gasteiger partial charge in [-0.15, -0.1) is 0 Å². The number of rotatable bonds is 3. The van der Waals surface area contributed by atoms with Gasteiger partial charge in [-0.2, -0.15) is 0 Å². The lowest BCUT2D eigenvalue weighted by molar-refractivity contribution is 0.586. The summed E-state index contributed by atoms with van der Waals surface area (Å²) in [5.74, 6) is 0. The van der Waals surface area contributed by atoms with Crippen LogP contribution in [-0.2, 0) is 9.84 Å². The lowest BCUT2D eigenvalue weighted by Crippen LogP contribution is -2.11. The SMILES string of the molecule is [C-]#[N+]c1ccc(Cl)cc1[C@@H](C)S(=O)(=O)c1ccc(C)cc1. The second-order valence-corrected chi connectivity index (χ2v) is 7.52. The van der Waals surface area contributed by atoms with Crippen molar-refractivity contribution in [2.75, 3.05) is 0 Å². The third-order valence-electron chi connectivity index (χ3n) is 3.36. The van der Waals surface area contributed by atoms with Crippen molar-refractivity contribution in [3.63, 3.8) is 0 Å². The zero-order chi connectivity index (χ0) is 15.6. The summed E-state index contributed by atoms with van der Waals surface area (Å²) in [7, 11) is -3.56. The number of aryl methyl sites for hydroxylation is 1. The molecule has 1 atom stereocenters. The van der Waals surface area contributed by atoms with Crippen LogP contribution in [0, 0.1) is 13.5 Å². The fraction of sp³-hybridized carbons (Fsp3) is 0.188. The molecule has 0 radical (unpaired) electrons. The average molecular weight is 320 g/mol. The molecule has 0 unspecified atom stereocenters. The highest BCUT2D eigenvalue weighted by atomic mass is 35.5. The molecule has 0 saturated heterocycles. The molecule has 5 heteroatoms. The fourth-order valence-electron chi connectivity index (χ4n) is 2.05. The molecule has 0 aliphatic heterocycles. The first-order valence-electron chi connectivity index (χ1n) is 6.33. The number of nitrogens with zero attached hydrogens (tertiary/aromatic N) is 1. The van der Waals surface area contributed by atoms with Crippen LogP contribution in [0.15, 0.2) is 47.4 Å². The molecule has 0 saturated carbocycles. The van der Waals surface area contributed by atoms with Crippen LogP contribution >= 0.6 is 11.6 Å². The highest BCUT2D eigenvalue weighted by Gasteiger charge is 2.26. The highest BCUT2D eigenvalue weighted by Crippen LogP contribution is 2.36. The second kappa shape index (κ2) is 5.88. The Labute approximate surface area is 129 Å². The summed E-state index contributed by atoms with van der Waals surface area (Å²) in [4.78, 5) is 3.63.